The van der Waals surface area contributed by atoms with E-state index >= 15 is 0 Å². The molecular weight excluding hydrogens is 358 g/mol. The van der Waals surface area contributed by atoms with Crippen molar-refractivity contribution in [1.82, 2.24) is 4.90 Å². The third kappa shape index (κ3) is 6.83. The lowest BCUT2D eigenvalue weighted by molar-refractivity contribution is -0.151. The number of esters is 2. The second-order valence-electron chi connectivity index (χ2n) is 6.90. The third-order valence-electron chi connectivity index (χ3n) is 4.84. The van der Waals surface area contributed by atoms with Gasteiger partial charge in [0.05, 0.1) is 24.5 Å². The molecule has 0 heterocycles. The highest BCUT2D eigenvalue weighted by atomic mass is 16.5. The molecule has 0 aromatic carbocycles. The van der Waals surface area contributed by atoms with E-state index in [1.807, 2.05) is 6.08 Å². The number of nitrogens with zero attached hydrogens (tertiary/aromatic N) is 1. The first-order chi connectivity index (χ1) is 13.3. The van der Waals surface area contributed by atoms with Crippen molar-refractivity contribution < 1.29 is 23.9 Å². The number of unbranched alkanes of at least 4 members (excludes halogenated alkanes) is 2. The number of carbonyl (C=O) groups is 3. The van der Waals surface area contributed by atoms with E-state index in [9.17, 15) is 14.4 Å². The Kier molecular flexibility index (Phi) is 9.99. The van der Waals surface area contributed by atoms with E-state index in [1.54, 1.807) is 18.0 Å². The summed E-state index contributed by atoms with van der Waals surface area (Å²) in [6.45, 7) is 11.5. The van der Waals surface area contributed by atoms with Crippen LogP contribution in [0, 0.1) is 11.8 Å². The molecule has 1 aliphatic rings. The molecule has 0 unspecified atom stereocenters. The average molecular weight is 389 g/mol. The molecule has 0 aliphatic heterocycles. The summed E-state index contributed by atoms with van der Waals surface area (Å²) in [5, 5.41) is 0. The predicted molar refractivity (Wildman–Crippen MR) is 108 cm³/mol. The molecule has 28 heavy (non-hydrogen) atoms. The zero-order valence-corrected chi connectivity index (χ0v) is 16.9. The van der Waals surface area contributed by atoms with Crippen molar-refractivity contribution >= 4 is 17.8 Å². The van der Waals surface area contributed by atoms with Gasteiger partial charge < -0.3 is 14.4 Å². The first kappa shape index (κ1) is 23.4. The zero-order valence-electron chi connectivity index (χ0n) is 16.9. The first-order valence-corrected chi connectivity index (χ1v) is 9.48. The maximum atomic E-state index is 12.9. The minimum Gasteiger partial charge on any atom is -0.469 e. The quantitative estimate of drug-likeness (QED) is 0.178. The van der Waals surface area contributed by atoms with Crippen LogP contribution in [-0.2, 0) is 23.9 Å². The molecule has 0 bridgehead atoms. The molecule has 0 aromatic rings. The fourth-order valence-corrected chi connectivity index (χ4v) is 3.28. The highest BCUT2D eigenvalue weighted by Gasteiger charge is 2.45. The van der Waals surface area contributed by atoms with E-state index in [2.05, 4.69) is 19.7 Å². The van der Waals surface area contributed by atoms with Gasteiger partial charge >= 0.3 is 11.9 Å². The second-order valence-corrected chi connectivity index (χ2v) is 6.90. The predicted octanol–water partition coefficient (Wildman–Crippen LogP) is 3.21. The zero-order chi connectivity index (χ0) is 21.1. The largest absolute Gasteiger partial charge is 0.469 e. The van der Waals surface area contributed by atoms with Gasteiger partial charge in [-0.2, -0.15) is 0 Å². The molecule has 154 valence electrons. The molecule has 1 saturated carbocycles. The van der Waals surface area contributed by atoms with Gasteiger partial charge in [-0.15, -0.1) is 6.58 Å². The van der Waals surface area contributed by atoms with Crippen LogP contribution in [0.5, 0.6) is 0 Å². The molecule has 1 fully saturated rings. The summed E-state index contributed by atoms with van der Waals surface area (Å²) in [5.41, 5.74) is 0.184. The molecule has 1 amide bonds. The van der Waals surface area contributed by atoms with Crippen molar-refractivity contribution in [3.8, 4) is 0 Å². The Morgan fingerprint density at radius 1 is 1.14 bits per heavy atom. The van der Waals surface area contributed by atoms with Gasteiger partial charge in [0, 0.05) is 13.6 Å². The highest BCUT2D eigenvalue weighted by molar-refractivity contribution is 5.91. The molecule has 6 heteroatoms. The summed E-state index contributed by atoms with van der Waals surface area (Å²) in [5.74, 6) is -2.34. The van der Waals surface area contributed by atoms with E-state index in [0.717, 1.165) is 19.3 Å². The lowest BCUT2D eigenvalue weighted by Gasteiger charge is -2.23. The van der Waals surface area contributed by atoms with Crippen LogP contribution in [0.4, 0.5) is 0 Å². The summed E-state index contributed by atoms with van der Waals surface area (Å²) in [6, 6.07) is 0. The van der Waals surface area contributed by atoms with Crippen LogP contribution >= 0.6 is 0 Å². The van der Waals surface area contributed by atoms with Crippen LogP contribution in [0.2, 0.25) is 0 Å². The van der Waals surface area contributed by atoms with E-state index in [0.29, 0.717) is 13.0 Å². The van der Waals surface area contributed by atoms with Crippen LogP contribution in [0.25, 0.3) is 0 Å². The molecule has 6 nitrogen and oxygen atoms in total. The minimum absolute atomic E-state index is 0.127. The van der Waals surface area contributed by atoms with E-state index in [1.165, 1.54) is 19.3 Å². The molecule has 0 radical (unpaired) electrons. The van der Waals surface area contributed by atoms with Crippen molar-refractivity contribution in [1.29, 1.82) is 0 Å². The fraction of sp³-hybridized carbons (Fsp3) is 0.500. The van der Waals surface area contributed by atoms with Crippen molar-refractivity contribution in [2.24, 2.45) is 11.8 Å². The van der Waals surface area contributed by atoms with Gasteiger partial charge in [0.25, 0.3) is 0 Å². The van der Waals surface area contributed by atoms with Crippen LogP contribution in [0.1, 0.15) is 32.1 Å². The molecule has 1 rings (SSSR count). The van der Waals surface area contributed by atoms with Crippen LogP contribution < -0.4 is 0 Å². The molecule has 0 N–H and O–H groups in total. The van der Waals surface area contributed by atoms with Crippen molar-refractivity contribution in [2.45, 2.75) is 38.2 Å². The molecule has 0 spiro atoms. The molecule has 0 saturated heterocycles. The Morgan fingerprint density at radius 3 is 2.43 bits per heavy atom. The highest BCUT2D eigenvalue weighted by Crippen LogP contribution is 2.36. The summed E-state index contributed by atoms with van der Waals surface area (Å²) < 4.78 is 10.3. The van der Waals surface area contributed by atoms with Gasteiger partial charge in [0.2, 0.25) is 5.91 Å². The number of carbonyl (C=O) groups excluding carboxylic acids is 3. The van der Waals surface area contributed by atoms with Crippen LogP contribution in [-0.4, -0.2) is 49.6 Å². The maximum absolute atomic E-state index is 12.9. The lowest BCUT2D eigenvalue weighted by atomic mass is 9.94. The molecule has 0 aromatic heterocycles. The number of methoxy groups -OCH3 is 1. The summed E-state index contributed by atoms with van der Waals surface area (Å²) >= 11 is 0. The SMILES string of the molecule is C=C/C=C\C(=C)C(=O)O[C@H]1C[C@@H](C(=O)OC)[C@H](C(=O)N(C)CCCCC=C)C1. The molecule has 3 atom stereocenters. The van der Waals surface area contributed by atoms with Crippen molar-refractivity contribution in [3.05, 3.63) is 49.6 Å². The van der Waals surface area contributed by atoms with Crippen LogP contribution in [0.15, 0.2) is 49.6 Å². The van der Waals surface area contributed by atoms with E-state index in [-0.39, 0.29) is 17.9 Å². The molecular formula is C22H31NO5. The van der Waals surface area contributed by atoms with Gasteiger partial charge in [0.15, 0.2) is 0 Å². The smallest absolute Gasteiger partial charge is 0.337 e. The number of allylic oxidation sites excluding steroid dienone is 3. The van der Waals surface area contributed by atoms with Gasteiger partial charge in [-0.3, -0.25) is 9.59 Å². The topological polar surface area (TPSA) is 72.9 Å². The van der Waals surface area contributed by atoms with E-state index in [4.69, 9.17) is 9.47 Å². The van der Waals surface area contributed by atoms with Crippen LogP contribution in [0.3, 0.4) is 0 Å². The Balaban J connectivity index is 2.76. The third-order valence-corrected chi connectivity index (χ3v) is 4.84. The van der Waals surface area contributed by atoms with Gasteiger partial charge in [-0.1, -0.05) is 31.4 Å². The summed E-state index contributed by atoms with van der Waals surface area (Å²) in [6.07, 6.45) is 9.20. The Hall–Kier alpha value is -2.63. The second kappa shape index (κ2) is 12.0. The van der Waals surface area contributed by atoms with Gasteiger partial charge in [-0.25, -0.2) is 4.79 Å². The normalized spacial score (nSPS) is 21.1. The number of hydrogen-bond acceptors (Lipinski definition) is 5. The lowest BCUT2D eigenvalue weighted by Crippen LogP contribution is -2.37. The number of ether oxygens (including phenoxy) is 2. The summed E-state index contributed by atoms with van der Waals surface area (Å²) in [4.78, 5) is 38.8. The Bertz CT molecular complexity index is 637. The fourth-order valence-electron chi connectivity index (χ4n) is 3.28. The molecule has 1 aliphatic carbocycles. The first-order valence-electron chi connectivity index (χ1n) is 9.48. The standard InChI is InChI=1S/C22H31NO5/c1-6-8-10-11-13-23(4)20(24)18-14-17(15-19(18)22(26)27-5)28-21(25)16(3)12-9-7-2/h6-7,9,12,17-19H,1-3,8,10-11,13-15H2,4-5H3/b12-9-/t17-,18-,19-/m1/s1. The monoisotopic (exact) mass is 389 g/mol. The Labute approximate surface area is 167 Å². The van der Waals surface area contributed by atoms with Gasteiger partial charge in [-0.05, 0) is 38.2 Å². The van der Waals surface area contributed by atoms with Crippen molar-refractivity contribution in [2.75, 3.05) is 20.7 Å². The van der Waals surface area contributed by atoms with Crippen molar-refractivity contribution in [3.63, 3.8) is 0 Å². The number of hydrogen-bond donors (Lipinski definition) is 0. The average Bonchev–Trinajstić information content (AvgIpc) is 3.11. The number of rotatable bonds is 11. The maximum Gasteiger partial charge on any atom is 0.337 e. The van der Waals surface area contributed by atoms with E-state index < -0.39 is 29.9 Å². The summed E-state index contributed by atoms with van der Waals surface area (Å²) in [7, 11) is 3.02. The minimum atomic E-state index is -0.622. The van der Waals surface area contributed by atoms with Gasteiger partial charge in [0.1, 0.15) is 6.10 Å². The Morgan fingerprint density at radius 2 is 1.82 bits per heavy atom. The number of amides is 1.